The predicted molar refractivity (Wildman–Crippen MR) is 118 cm³/mol. The van der Waals surface area contributed by atoms with E-state index in [9.17, 15) is 14.4 Å². The van der Waals surface area contributed by atoms with Gasteiger partial charge in [0.2, 0.25) is 5.91 Å². The molecule has 152 valence electrons. The number of hydrogen-bond acceptors (Lipinski definition) is 3. The van der Waals surface area contributed by atoms with E-state index in [2.05, 4.69) is 19.2 Å². The first-order valence-electron chi connectivity index (χ1n) is 10.2. The lowest BCUT2D eigenvalue weighted by atomic mass is 9.94. The molecule has 0 bridgehead atoms. The summed E-state index contributed by atoms with van der Waals surface area (Å²) in [5, 5.41) is 4.47. The van der Waals surface area contributed by atoms with Gasteiger partial charge in [-0.15, -0.1) is 0 Å². The highest BCUT2D eigenvalue weighted by molar-refractivity contribution is 6.25. The summed E-state index contributed by atoms with van der Waals surface area (Å²) < 4.78 is 0. The quantitative estimate of drug-likeness (QED) is 0.594. The molecule has 3 aromatic carbocycles. The molecule has 0 aliphatic carbocycles. The van der Waals surface area contributed by atoms with E-state index in [1.54, 1.807) is 12.1 Å². The van der Waals surface area contributed by atoms with Crippen LogP contribution in [0.5, 0.6) is 0 Å². The first kappa shape index (κ1) is 19.8. The van der Waals surface area contributed by atoms with Gasteiger partial charge in [0.05, 0.1) is 0 Å². The second-order valence-corrected chi connectivity index (χ2v) is 7.90. The number of hydrogen-bond donors (Lipinski definition) is 1. The molecule has 3 amide bonds. The Morgan fingerprint density at radius 1 is 0.900 bits per heavy atom. The van der Waals surface area contributed by atoms with E-state index in [0.717, 1.165) is 11.1 Å². The summed E-state index contributed by atoms with van der Waals surface area (Å²) in [6, 6.07) is 18.7. The van der Waals surface area contributed by atoms with Crippen molar-refractivity contribution in [1.82, 2.24) is 4.90 Å². The topological polar surface area (TPSA) is 66.5 Å². The molecule has 1 aliphatic heterocycles. The lowest BCUT2D eigenvalue weighted by Gasteiger charge is -2.27. The molecule has 0 saturated carbocycles. The van der Waals surface area contributed by atoms with E-state index >= 15 is 0 Å². The highest BCUT2D eigenvalue weighted by Gasteiger charge is 2.32. The van der Waals surface area contributed by atoms with Crippen molar-refractivity contribution in [2.75, 3.05) is 11.9 Å². The maximum atomic E-state index is 12.9. The summed E-state index contributed by atoms with van der Waals surface area (Å²) in [5.41, 5.74) is 3.04. The second-order valence-electron chi connectivity index (χ2n) is 7.90. The summed E-state index contributed by atoms with van der Waals surface area (Å²) in [5.74, 6) is -0.292. The van der Waals surface area contributed by atoms with Crippen LogP contribution < -0.4 is 5.32 Å². The maximum absolute atomic E-state index is 12.9. The number of rotatable bonds is 6. The third-order valence-corrected chi connectivity index (χ3v) is 5.50. The average Bonchev–Trinajstić information content (AvgIpc) is 2.74. The SMILES string of the molecule is CC(C)c1ccc(NC(=O)CCCN2C(=O)c3cccc4cccc(c34)C2=O)cc1. The minimum Gasteiger partial charge on any atom is -0.326 e. The Kier molecular flexibility index (Phi) is 5.36. The molecule has 3 aromatic rings. The average molecular weight is 400 g/mol. The van der Waals surface area contributed by atoms with E-state index in [4.69, 9.17) is 0 Å². The molecule has 0 radical (unpaired) electrons. The largest absolute Gasteiger partial charge is 0.326 e. The van der Waals surface area contributed by atoms with E-state index < -0.39 is 0 Å². The maximum Gasteiger partial charge on any atom is 0.261 e. The van der Waals surface area contributed by atoms with Crippen LogP contribution in [0.15, 0.2) is 60.7 Å². The fourth-order valence-corrected chi connectivity index (χ4v) is 3.86. The molecule has 0 saturated heterocycles. The molecule has 0 fully saturated rings. The zero-order chi connectivity index (χ0) is 21.3. The third-order valence-electron chi connectivity index (χ3n) is 5.50. The summed E-state index contributed by atoms with van der Waals surface area (Å²) >= 11 is 0. The molecule has 5 heteroatoms. The van der Waals surface area contributed by atoms with Crippen LogP contribution in [0, 0.1) is 0 Å². The molecule has 1 aliphatic rings. The highest BCUT2D eigenvalue weighted by Crippen LogP contribution is 2.30. The predicted octanol–water partition coefficient (Wildman–Crippen LogP) is 4.98. The molecule has 0 atom stereocenters. The lowest BCUT2D eigenvalue weighted by molar-refractivity contribution is -0.116. The Labute approximate surface area is 175 Å². The molecule has 5 nitrogen and oxygen atoms in total. The van der Waals surface area contributed by atoms with Crippen molar-refractivity contribution in [3.05, 3.63) is 77.4 Å². The Morgan fingerprint density at radius 2 is 1.50 bits per heavy atom. The lowest BCUT2D eigenvalue weighted by Crippen LogP contribution is -2.41. The van der Waals surface area contributed by atoms with Crippen molar-refractivity contribution >= 4 is 34.2 Å². The van der Waals surface area contributed by atoms with Crippen LogP contribution in [0.3, 0.4) is 0 Å². The number of benzene rings is 3. The van der Waals surface area contributed by atoms with E-state index in [0.29, 0.717) is 28.9 Å². The minimum atomic E-state index is -0.297. The summed E-state index contributed by atoms with van der Waals surface area (Å²) in [6.45, 7) is 4.45. The van der Waals surface area contributed by atoms with Crippen LogP contribution in [-0.2, 0) is 4.79 Å². The number of amides is 3. The van der Waals surface area contributed by atoms with E-state index in [-0.39, 0.29) is 30.7 Å². The van der Waals surface area contributed by atoms with Gasteiger partial charge in [0, 0.05) is 35.2 Å². The van der Waals surface area contributed by atoms with Crippen molar-refractivity contribution in [1.29, 1.82) is 0 Å². The number of nitrogens with zero attached hydrogens (tertiary/aromatic N) is 1. The highest BCUT2D eigenvalue weighted by atomic mass is 16.2. The summed E-state index contributed by atoms with van der Waals surface area (Å²) in [7, 11) is 0. The van der Waals surface area contributed by atoms with Gasteiger partial charge in [-0.2, -0.15) is 0 Å². The first-order valence-corrected chi connectivity index (χ1v) is 10.2. The van der Waals surface area contributed by atoms with Crippen molar-refractivity contribution < 1.29 is 14.4 Å². The Bertz CT molecular complexity index is 1080. The first-order chi connectivity index (χ1) is 14.5. The van der Waals surface area contributed by atoms with Crippen LogP contribution >= 0.6 is 0 Å². The van der Waals surface area contributed by atoms with Crippen molar-refractivity contribution in [2.45, 2.75) is 32.6 Å². The minimum absolute atomic E-state index is 0.133. The van der Waals surface area contributed by atoms with Gasteiger partial charge >= 0.3 is 0 Å². The molecule has 0 aromatic heterocycles. The second kappa shape index (κ2) is 8.11. The Balaban J connectivity index is 1.39. The zero-order valence-corrected chi connectivity index (χ0v) is 17.1. The molecular weight excluding hydrogens is 376 g/mol. The van der Waals surface area contributed by atoms with Gasteiger partial charge in [-0.3, -0.25) is 19.3 Å². The molecule has 0 unspecified atom stereocenters. The van der Waals surface area contributed by atoms with Gasteiger partial charge in [0.15, 0.2) is 0 Å². The number of anilines is 1. The molecule has 1 N–H and O–H groups in total. The van der Waals surface area contributed by atoms with Gasteiger partial charge in [0.1, 0.15) is 0 Å². The van der Waals surface area contributed by atoms with Crippen molar-refractivity contribution in [2.24, 2.45) is 0 Å². The molecule has 0 spiro atoms. The fourth-order valence-electron chi connectivity index (χ4n) is 3.86. The van der Waals surface area contributed by atoms with Crippen LogP contribution in [0.25, 0.3) is 10.8 Å². The number of imide groups is 1. The fraction of sp³-hybridized carbons (Fsp3) is 0.240. The van der Waals surface area contributed by atoms with E-state index in [1.165, 1.54) is 10.5 Å². The molecule has 1 heterocycles. The molecule has 30 heavy (non-hydrogen) atoms. The van der Waals surface area contributed by atoms with Gasteiger partial charge in [0.25, 0.3) is 11.8 Å². The van der Waals surface area contributed by atoms with Gasteiger partial charge in [-0.25, -0.2) is 0 Å². The van der Waals surface area contributed by atoms with Gasteiger partial charge < -0.3 is 5.32 Å². The summed E-state index contributed by atoms with van der Waals surface area (Å²) in [6.07, 6.45) is 0.639. The standard InChI is InChI=1S/C25H24N2O3/c1-16(2)17-11-13-19(14-12-17)26-22(28)10-5-15-27-24(29)20-8-3-6-18-7-4-9-21(23(18)20)25(27)30/h3-4,6-9,11-14,16H,5,10,15H2,1-2H3,(H,26,28). The molecular formula is C25H24N2O3. The smallest absolute Gasteiger partial charge is 0.261 e. The summed E-state index contributed by atoms with van der Waals surface area (Å²) in [4.78, 5) is 39.3. The van der Waals surface area contributed by atoms with Gasteiger partial charge in [-0.05, 0) is 47.6 Å². The van der Waals surface area contributed by atoms with Crippen LogP contribution in [0.1, 0.15) is 58.9 Å². The Morgan fingerprint density at radius 3 is 2.07 bits per heavy atom. The normalized spacial score (nSPS) is 13.2. The van der Waals surface area contributed by atoms with Crippen molar-refractivity contribution in [3.63, 3.8) is 0 Å². The zero-order valence-electron chi connectivity index (χ0n) is 17.1. The monoisotopic (exact) mass is 400 g/mol. The van der Waals surface area contributed by atoms with Crippen molar-refractivity contribution in [3.8, 4) is 0 Å². The van der Waals surface area contributed by atoms with Crippen LogP contribution in [-0.4, -0.2) is 29.2 Å². The van der Waals surface area contributed by atoms with Gasteiger partial charge in [-0.1, -0.05) is 50.2 Å². The van der Waals surface area contributed by atoms with Crippen LogP contribution in [0.4, 0.5) is 5.69 Å². The van der Waals surface area contributed by atoms with Crippen LogP contribution in [0.2, 0.25) is 0 Å². The third kappa shape index (κ3) is 3.71. The number of nitrogens with one attached hydrogen (secondary N) is 1. The van der Waals surface area contributed by atoms with E-state index in [1.807, 2.05) is 48.5 Å². The molecule has 4 rings (SSSR count). The number of carbonyl (C=O) groups excluding carboxylic acids is 3. The number of carbonyl (C=O) groups is 3. The Hall–Kier alpha value is -3.47.